The molecule has 1 aliphatic heterocycles. The highest BCUT2D eigenvalue weighted by Crippen LogP contribution is 2.43. The summed E-state index contributed by atoms with van der Waals surface area (Å²) >= 11 is 4.94. The highest BCUT2D eigenvalue weighted by Gasteiger charge is 2.52. The number of nitrogens with zero attached hydrogens (tertiary/aromatic N) is 2. The Bertz CT molecular complexity index is 767. The summed E-state index contributed by atoms with van der Waals surface area (Å²) in [6.07, 6.45) is 2.67. The van der Waals surface area contributed by atoms with Gasteiger partial charge in [0.25, 0.3) is 0 Å². The number of rotatable bonds is 4. The molecular weight excluding hydrogens is 430 g/mol. The molecule has 1 unspecified atom stereocenters. The van der Waals surface area contributed by atoms with Crippen molar-refractivity contribution in [2.45, 2.75) is 70.2 Å². The van der Waals surface area contributed by atoms with E-state index in [2.05, 4.69) is 27.3 Å². The Hall–Kier alpha value is -1.59. The Balaban J connectivity index is 1.69. The van der Waals surface area contributed by atoms with Crippen LogP contribution in [0.25, 0.3) is 0 Å². The Labute approximate surface area is 172 Å². The molecule has 1 saturated heterocycles. The van der Waals surface area contributed by atoms with Crippen LogP contribution in [0.2, 0.25) is 0 Å². The predicted molar refractivity (Wildman–Crippen MR) is 106 cm³/mol. The number of fused-ring (bicyclic) bond motifs is 2. The van der Waals surface area contributed by atoms with Crippen molar-refractivity contribution >= 4 is 39.3 Å². The minimum absolute atomic E-state index is 0.0504. The average molecular weight is 454 g/mol. The number of nitriles is 1. The van der Waals surface area contributed by atoms with E-state index in [0.29, 0.717) is 6.42 Å². The zero-order valence-electron chi connectivity index (χ0n) is 15.7. The molecule has 0 radical (unpaired) electrons. The largest absolute Gasteiger partial charge is 0.444 e. The highest BCUT2D eigenvalue weighted by molar-refractivity contribution is 9.10. The zero-order chi connectivity index (χ0) is 19.8. The SMILES string of the molecule is CC(C)(C)OC(=O)N1[C@@H]2CC[C@@H](C2)[C@H]1C(=O)NC(C#N)Cc1cc(Br)cs1. The first-order valence-electron chi connectivity index (χ1n) is 9.12. The third kappa shape index (κ3) is 4.64. The fourth-order valence-corrected chi connectivity index (χ4v) is 5.45. The maximum atomic E-state index is 13.0. The number of likely N-dealkylation sites (tertiary alicyclic amines) is 1. The smallest absolute Gasteiger partial charge is 0.411 e. The molecule has 27 heavy (non-hydrogen) atoms. The van der Waals surface area contributed by atoms with E-state index in [1.54, 1.807) is 16.2 Å². The number of carbonyl (C=O) groups is 2. The van der Waals surface area contributed by atoms with Crippen molar-refractivity contribution in [1.29, 1.82) is 5.26 Å². The minimum atomic E-state index is -0.623. The van der Waals surface area contributed by atoms with E-state index in [0.717, 1.165) is 28.6 Å². The van der Waals surface area contributed by atoms with E-state index in [1.807, 2.05) is 32.2 Å². The van der Waals surface area contributed by atoms with Gasteiger partial charge in [0, 0.05) is 27.2 Å². The van der Waals surface area contributed by atoms with Crippen LogP contribution in [0.1, 0.15) is 44.9 Å². The zero-order valence-corrected chi connectivity index (χ0v) is 18.1. The number of carbonyl (C=O) groups excluding carboxylic acids is 2. The van der Waals surface area contributed by atoms with Gasteiger partial charge in [-0.05, 0) is 67.9 Å². The first-order chi connectivity index (χ1) is 12.7. The number of nitrogens with one attached hydrogen (secondary N) is 1. The number of ether oxygens (including phenoxy) is 1. The maximum Gasteiger partial charge on any atom is 0.411 e. The lowest BCUT2D eigenvalue weighted by molar-refractivity contribution is -0.128. The van der Waals surface area contributed by atoms with Crippen molar-refractivity contribution in [3.8, 4) is 6.07 Å². The second-order valence-electron chi connectivity index (χ2n) is 8.19. The van der Waals surface area contributed by atoms with E-state index in [9.17, 15) is 14.9 Å². The molecule has 1 aliphatic carbocycles. The van der Waals surface area contributed by atoms with Crippen molar-refractivity contribution in [3.63, 3.8) is 0 Å². The molecule has 1 aromatic heterocycles. The molecule has 1 aromatic rings. The average Bonchev–Trinajstić information content (AvgIpc) is 3.27. The van der Waals surface area contributed by atoms with Crippen molar-refractivity contribution in [3.05, 3.63) is 20.8 Å². The van der Waals surface area contributed by atoms with Crippen molar-refractivity contribution in [2.24, 2.45) is 5.92 Å². The van der Waals surface area contributed by atoms with Crippen LogP contribution < -0.4 is 5.32 Å². The fourth-order valence-electron chi connectivity index (χ4n) is 3.95. The summed E-state index contributed by atoms with van der Waals surface area (Å²) in [5.74, 6) is -0.118. The summed E-state index contributed by atoms with van der Waals surface area (Å²) in [7, 11) is 0. The molecule has 2 amide bonds. The Morgan fingerprint density at radius 1 is 1.48 bits per heavy atom. The van der Waals surface area contributed by atoms with Gasteiger partial charge in [0.15, 0.2) is 0 Å². The van der Waals surface area contributed by atoms with E-state index in [-0.39, 0.29) is 17.9 Å². The molecule has 4 atom stereocenters. The van der Waals surface area contributed by atoms with Crippen molar-refractivity contribution in [2.75, 3.05) is 0 Å². The second kappa shape index (κ2) is 7.80. The van der Waals surface area contributed by atoms with Crippen molar-refractivity contribution in [1.82, 2.24) is 10.2 Å². The summed E-state index contributed by atoms with van der Waals surface area (Å²) in [6.45, 7) is 5.46. The van der Waals surface area contributed by atoms with E-state index < -0.39 is 23.8 Å². The molecule has 6 nitrogen and oxygen atoms in total. The number of amides is 2. The quantitative estimate of drug-likeness (QED) is 0.750. The number of hydrogen-bond acceptors (Lipinski definition) is 5. The van der Waals surface area contributed by atoms with Gasteiger partial charge in [0.2, 0.25) is 5.91 Å². The molecule has 0 aromatic carbocycles. The molecule has 0 spiro atoms. The number of thiophene rings is 1. The van der Waals surface area contributed by atoms with E-state index in [4.69, 9.17) is 4.74 Å². The van der Waals surface area contributed by atoms with Gasteiger partial charge in [-0.1, -0.05) is 0 Å². The fraction of sp³-hybridized carbons (Fsp3) is 0.632. The molecule has 2 bridgehead atoms. The Kier molecular flexibility index (Phi) is 5.82. The normalized spacial score (nSPS) is 25.1. The third-order valence-corrected chi connectivity index (χ3v) is 6.68. The topological polar surface area (TPSA) is 82.4 Å². The van der Waals surface area contributed by atoms with Gasteiger partial charge < -0.3 is 10.1 Å². The summed E-state index contributed by atoms with van der Waals surface area (Å²) in [6, 6.07) is 2.99. The molecule has 1 saturated carbocycles. The summed E-state index contributed by atoms with van der Waals surface area (Å²) in [5, 5.41) is 14.3. The highest BCUT2D eigenvalue weighted by atomic mass is 79.9. The van der Waals surface area contributed by atoms with Crippen molar-refractivity contribution < 1.29 is 14.3 Å². The van der Waals surface area contributed by atoms with Crippen LogP contribution in [0.15, 0.2) is 15.9 Å². The number of piperidine rings is 1. The van der Waals surface area contributed by atoms with Crippen LogP contribution >= 0.6 is 27.3 Å². The maximum absolute atomic E-state index is 13.0. The van der Waals surface area contributed by atoms with Crippen LogP contribution in [0.5, 0.6) is 0 Å². The predicted octanol–water partition coefficient (Wildman–Crippen LogP) is 3.85. The Morgan fingerprint density at radius 3 is 2.81 bits per heavy atom. The first-order valence-corrected chi connectivity index (χ1v) is 10.8. The summed E-state index contributed by atoms with van der Waals surface area (Å²) in [5.41, 5.74) is -0.609. The molecule has 2 heterocycles. The standard InChI is InChI=1S/C19H24BrN3O3S/c1-19(2,3)26-18(25)23-14-5-4-11(6-14)16(23)17(24)22-13(9-21)8-15-7-12(20)10-27-15/h7,10-11,13-14,16H,4-6,8H2,1-3H3,(H,22,24)/t11-,13?,14+,16-/m0/s1. The minimum Gasteiger partial charge on any atom is -0.444 e. The Morgan fingerprint density at radius 2 is 2.22 bits per heavy atom. The van der Waals surface area contributed by atoms with Crippen LogP contribution in [0.3, 0.4) is 0 Å². The van der Waals surface area contributed by atoms with Gasteiger partial charge in [-0.25, -0.2) is 4.79 Å². The molecule has 3 rings (SSSR count). The van der Waals surface area contributed by atoms with Crippen LogP contribution in [0, 0.1) is 17.2 Å². The van der Waals surface area contributed by atoms with Crippen LogP contribution in [-0.2, 0) is 16.0 Å². The first kappa shape index (κ1) is 20.2. The van der Waals surface area contributed by atoms with Gasteiger partial charge in [-0.15, -0.1) is 11.3 Å². The molecule has 8 heteroatoms. The molecule has 2 aliphatic rings. The molecule has 1 N–H and O–H groups in total. The number of halogens is 1. The summed E-state index contributed by atoms with van der Waals surface area (Å²) in [4.78, 5) is 28.3. The molecule has 146 valence electrons. The van der Waals surface area contributed by atoms with E-state index in [1.165, 1.54) is 0 Å². The third-order valence-electron chi connectivity index (χ3n) is 4.96. The van der Waals surface area contributed by atoms with Gasteiger partial charge >= 0.3 is 6.09 Å². The molecular formula is C19H24BrN3O3S. The van der Waals surface area contributed by atoms with Gasteiger partial charge in [0.05, 0.1) is 6.07 Å². The second-order valence-corrected chi connectivity index (χ2v) is 10.1. The lowest BCUT2D eigenvalue weighted by atomic mass is 9.97. The van der Waals surface area contributed by atoms with Gasteiger partial charge in [-0.2, -0.15) is 5.26 Å². The summed E-state index contributed by atoms with van der Waals surface area (Å²) < 4.78 is 6.49. The molecule has 2 fully saturated rings. The van der Waals surface area contributed by atoms with Gasteiger partial charge in [0.1, 0.15) is 17.7 Å². The monoisotopic (exact) mass is 453 g/mol. The lowest BCUT2D eigenvalue weighted by Crippen LogP contribution is -2.55. The van der Waals surface area contributed by atoms with Crippen LogP contribution in [0.4, 0.5) is 4.79 Å². The number of hydrogen-bond donors (Lipinski definition) is 1. The van der Waals surface area contributed by atoms with Crippen LogP contribution in [-0.4, -0.2) is 40.6 Å². The lowest BCUT2D eigenvalue weighted by Gasteiger charge is -2.35. The van der Waals surface area contributed by atoms with Gasteiger partial charge in [-0.3, -0.25) is 9.69 Å². The van der Waals surface area contributed by atoms with E-state index >= 15 is 0 Å².